The van der Waals surface area contributed by atoms with Gasteiger partial charge in [0.05, 0.1) is 12.7 Å². The highest BCUT2D eigenvalue weighted by molar-refractivity contribution is 5.69. The average Bonchev–Trinajstić information content (AvgIpc) is 2.01. The van der Waals surface area contributed by atoms with E-state index in [9.17, 15) is 4.79 Å². The summed E-state index contributed by atoms with van der Waals surface area (Å²) >= 11 is 0. The lowest BCUT2D eigenvalue weighted by Gasteiger charge is -2.25. The molecule has 1 rings (SSSR count). The second kappa shape index (κ2) is 5.97. The number of rotatable bonds is 6. The Morgan fingerprint density at radius 3 is 2.77 bits per heavy atom. The van der Waals surface area contributed by atoms with Crippen LogP contribution < -0.4 is 0 Å². The Kier molecular flexibility index (Phi) is 4.83. The van der Waals surface area contributed by atoms with Gasteiger partial charge in [-0.05, 0) is 32.6 Å². The molecule has 0 aliphatic heterocycles. The van der Waals surface area contributed by atoms with Crippen LogP contribution in [0.4, 0.5) is 0 Å². The molecule has 1 aliphatic carbocycles. The minimum atomic E-state index is -0.111. The molecule has 0 radical (unpaired) electrons. The van der Waals surface area contributed by atoms with E-state index in [1.54, 1.807) is 0 Å². The number of hydrogen-bond donors (Lipinski definition) is 0. The maximum Gasteiger partial charge on any atom is 0.305 e. The smallest absolute Gasteiger partial charge is 0.305 e. The van der Waals surface area contributed by atoms with E-state index in [1.807, 2.05) is 6.92 Å². The molecule has 3 heteroatoms. The third kappa shape index (κ3) is 4.27. The first-order chi connectivity index (χ1) is 6.33. The van der Waals surface area contributed by atoms with Crippen molar-refractivity contribution in [1.29, 1.82) is 0 Å². The Morgan fingerprint density at radius 2 is 2.23 bits per heavy atom. The van der Waals surface area contributed by atoms with Crippen molar-refractivity contribution in [2.75, 3.05) is 13.2 Å². The standard InChI is InChI=1S/C10H18O3/c1-2-12-10(11)7-4-8-13-9-5-3-6-9/h9H,2-8H2,1H3. The van der Waals surface area contributed by atoms with Gasteiger partial charge in [0.2, 0.25) is 0 Å². The van der Waals surface area contributed by atoms with Gasteiger partial charge in [-0.2, -0.15) is 0 Å². The molecule has 0 N–H and O–H groups in total. The van der Waals surface area contributed by atoms with Crippen molar-refractivity contribution in [3.8, 4) is 0 Å². The maximum atomic E-state index is 10.9. The van der Waals surface area contributed by atoms with Crippen LogP contribution in [0.2, 0.25) is 0 Å². The van der Waals surface area contributed by atoms with E-state index in [1.165, 1.54) is 19.3 Å². The Balaban J connectivity index is 1.85. The molecular formula is C10H18O3. The topological polar surface area (TPSA) is 35.5 Å². The zero-order valence-corrected chi connectivity index (χ0v) is 8.25. The summed E-state index contributed by atoms with van der Waals surface area (Å²) in [7, 11) is 0. The second-order valence-corrected chi connectivity index (χ2v) is 3.33. The second-order valence-electron chi connectivity index (χ2n) is 3.33. The van der Waals surface area contributed by atoms with Crippen LogP contribution in [0.5, 0.6) is 0 Å². The van der Waals surface area contributed by atoms with Crippen molar-refractivity contribution < 1.29 is 14.3 Å². The normalized spacial score (nSPS) is 16.7. The molecule has 0 heterocycles. The Morgan fingerprint density at radius 1 is 1.46 bits per heavy atom. The fourth-order valence-electron chi connectivity index (χ4n) is 1.24. The van der Waals surface area contributed by atoms with E-state index in [2.05, 4.69) is 0 Å². The zero-order valence-electron chi connectivity index (χ0n) is 8.25. The van der Waals surface area contributed by atoms with Gasteiger partial charge >= 0.3 is 5.97 Å². The molecule has 0 unspecified atom stereocenters. The van der Waals surface area contributed by atoms with Crippen molar-refractivity contribution >= 4 is 5.97 Å². The molecule has 0 spiro atoms. The molecular weight excluding hydrogens is 168 g/mol. The summed E-state index contributed by atoms with van der Waals surface area (Å²) in [6.45, 7) is 2.99. The number of hydrogen-bond acceptors (Lipinski definition) is 3. The lowest BCUT2D eigenvalue weighted by molar-refractivity contribution is -0.143. The third-order valence-corrected chi connectivity index (χ3v) is 2.24. The summed E-state index contributed by atoms with van der Waals surface area (Å²) in [6.07, 6.45) is 5.43. The lowest BCUT2D eigenvalue weighted by atomic mass is 9.96. The zero-order chi connectivity index (χ0) is 9.52. The van der Waals surface area contributed by atoms with Gasteiger partial charge in [-0.15, -0.1) is 0 Å². The van der Waals surface area contributed by atoms with Crippen molar-refractivity contribution in [3.63, 3.8) is 0 Å². The maximum absolute atomic E-state index is 10.9. The van der Waals surface area contributed by atoms with Crippen LogP contribution in [0.3, 0.4) is 0 Å². The van der Waals surface area contributed by atoms with Crippen LogP contribution in [0.25, 0.3) is 0 Å². The predicted octanol–water partition coefficient (Wildman–Crippen LogP) is 1.90. The van der Waals surface area contributed by atoms with E-state index in [-0.39, 0.29) is 5.97 Å². The van der Waals surface area contributed by atoms with Gasteiger partial charge in [-0.3, -0.25) is 4.79 Å². The molecule has 76 valence electrons. The van der Waals surface area contributed by atoms with Crippen LogP contribution in [0, 0.1) is 0 Å². The molecule has 0 atom stereocenters. The first kappa shape index (κ1) is 10.5. The molecule has 13 heavy (non-hydrogen) atoms. The number of carbonyl (C=O) groups excluding carboxylic acids is 1. The number of esters is 1. The molecule has 1 fully saturated rings. The predicted molar refractivity (Wildman–Crippen MR) is 49.5 cm³/mol. The van der Waals surface area contributed by atoms with Crippen LogP contribution in [-0.2, 0) is 14.3 Å². The fourth-order valence-corrected chi connectivity index (χ4v) is 1.24. The minimum absolute atomic E-state index is 0.111. The van der Waals surface area contributed by atoms with Gasteiger partial charge in [0.15, 0.2) is 0 Å². The van der Waals surface area contributed by atoms with E-state index in [4.69, 9.17) is 9.47 Å². The summed E-state index contributed by atoms with van der Waals surface area (Å²) in [4.78, 5) is 10.9. The molecule has 0 aromatic rings. The summed E-state index contributed by atoms with van der Waals surface area (Å²) < 4.78 is 10.3. The largest absolute Gasteiger partial charge is 0.466 e. The fraction of sp³-hybridized carbons (Fsp3) is 0.900. The van der Waals surface area contributed by atoms with E-state index < -0.39 is 0 Å². The van der Waals surface area contributed by atoms with Gasteiger partial charge in [-0.1, -0.05) is 0 Å². The van der Waals surface area contributed by atoms with E-state index >= 15 is 0 Å². The van der Waals surface area contributed by atoms with Crippen molar-refractivity contribution in [2.45, 2.75) is 45.1 Å². The molecule has 0 aromatic carbocycles. The van der Waals surface area contributed by atoms with Gasteiger partial charge < -0.3 is 9.47 Å². The van der Waals surface area contributed by atoms with Gasteiger partial charge in [0.1, 0.15) is 0 Å². The quantitative estimate of drug-likeness (QED) is 0.469. The van der Waals surface area contributed by atoms with Crippen LogP contribution in [-0.4, -0.2) is 25.3 Å². The molecule has 0 bridgehead atoms. The van der Waals surface area contributed by atoms with Crippen molar-refractivity contribution in [1.82, 2.24) is 0 Å². The average molecular weight is 186 g/mol. The van der Waals surface area contributed by atoms with E-state index in [0.29, 0.717) is 25.7 Å². The molecule has 3 nitrogen and oxygen atoms in total. The molecule has 0 aromatic heterocycles. The SMILES string of the molecule is CCOC(=O)CCCOC1CCC1. The summed E-state index contributed by atoms with van der Waals surface area (Å²) in [5, 5.41) is 0. The summed E-state index contributed by atoms with van der Waals surface area (Å²) in [6, 6.07) is 0. The third-order valence-electron chi connectivity index (χ3n) is 2.24. The molecule has 0 amide bonds. The lowest BCUT2D eigenvalue weighted by Crippen LogP contribution is -2.22. The molecule has 1 aliphatic rings. The summed E-state index contributed by atoms with van der Waals surface area (Å²) in [5.74, 6) is -0.111. The van der Waals surface area contributed by atoms with Crippen LogP contribution >= 0.6 is 0 Å². The first-order valence-electron chi connectivity index (χ1n) is 5.10. The Labute approximate surface area is 79.4 Å². The Hall–Kier alpha value is -0.570. The molecule has 0 saturated heterocycles. The van der Waals surface area contributed by atoms with Crippen molar-refractivity contribution in [2.24, 2.45) is 0 Å². The minimum Gasteiger partial charge on any atom is -0.466 e. The van der Waals surface area contributed by atoms with Crippen LogP contribution in [0.15, 0.2) is 0 Å². The highest BCUT2D eigenvalue weighted by Gasteiger charge is 2.17. The van der Waals surface area contributed by atoms with Crippen molar-refractivity contribution in [3.05, 3.63) is 0 Å². The Bertz CT molecular complexity index is 152. The summed E-state index contributed by atoms with van der Waals surface area (Å²) in [5.41, 5.74) is 0. The molecule has 1 saturated carbocycles. The highest BCUT2D eigenvalue weighted by Crippen LogP contribution is 2.21. The van der Waals surface area contributed by atoms with Gasteiger partial charge in [-0.25, -0.2) is 0 Å². The first-order valence-corrected chi connectivity index (χ1v) is 5.10. The monoisotopic (exact) mass is 186 g/mol. The van der Waals surface area contributed by atoms with Crippen LogP contribution in [0.1, 0.15) is 39.0 Å². The van der Waals surface area contributed by atoms with Gasteiger partial charge in [0, 0.05) is 13.0 Å². The highest BCUT2D eigenvalue weighted by atomic mass is 16.5. The van der Waals surface area contributed by atoms with Gasteiger partial charge in [0.25, 0.3) is 0 Å². The number of carbonyl (C=O) groups is 1. The van der Waals surface area contributed by atoms with E-state index in [0.717, 1.165) is 6.42 Å². The number of ether oxygens (including phenoxy) is 2.